The van der Waals surface area contributed by atoms with Crippen LogP contribution in [0.3, 0.4) is 0 Å². The van der Waals surface area contributed by atoms with Crippen LogP contribution in [0.15, 0.2) is 89.7 Å². The monoisotopic (exact) mass is 514 g/mol. The number of nitrogens with one attached hydrogen (secondary N) is 1. The number of aromatic nitrogens is 5. The third kappa shape index (κ3) is 5.45. The molecule has 0 saturated carbocycles. The Kier molecular flexibility index (Phi) is 7.34. The van der Waals surface area contributed by atoms with E-state index in [4.69, 9.17) is 4.74 Å². The first-order valence-electron chi connectivity index (χ1n) is 11.1. The smallest absolute Gasteiger partial charge is 0.271 e. The van der Waals surface area contributed by atoms with Crippen LogP contribution in [-0.4, -0.2) is 37.7 Å². The molecule has 5 aromatic rings. The molecule has 36 heavy (non-hydrogen) atoms. The molecule has 0 fully saturated rings. The highest BCUT2D eigenvalue weighted by molar-refractivity contribution is 7.98. The molecule has 0 bridgehead atoms. The average Bonchev–Trinajstić information content (AvgIpc) is 3.59. The molecule has 0 saturated heterocycles. The van der Waals surface area contributed by atoms with Crippen molar-refractivity contribution in [3.8, 4) is 22.8 Å². The lowest BCUT2D eigenvalue weighted by Crippen LogP contribution is -2.23. The summed E-state index contributed by atoms with van der Waals surface area (Å²) < 4.78 is 7.42. The number of thiazole rings is 1. The van der Waals surface area contributed by atoms with E-state index in [2.05, 4.69) is 25.5 Å². The molecule has 0 aliphatic carbocycles. The lowest BCUT2D eigenvalue weighted by molar-refractivity contribution is 0.0946. The van der Waals surface area contributed by atoms with Crippen LogP contribution >= 0.6 is 23.1 Å². The summed E-state index contributed by atoms with van der Waals surface area (Å²) in [6.07, 6.45) is 3.40. The van der Waals surface area contributed by atoms with Gasteiger partial charge in [-0.15, -0.1) is 21.5 Å². The predicted molar refractivity (Wildman–Crippen MR) is 140 cm³/mol. The minimum atomic E-state index is -0.202. The number of methoxy groups -OCH3 is 1. The normalized spacial score (nSPS) is 10.8. The number of pyridine rings is 1. The van der Waals surface area contributed by atoms with Crippen LogP contribution in [0.1, 0.15) is 21.1 Å². The number of nitrogens with zero attached hydrogens (tertiary/aromatic N) is 5. The molecule has 0 spiro atoms. The van der Waals surface area contributed by atoms with E-state index in [9.17, 15) is 4.79 Å². The maximum atomic E-state index is 12.5. The van der Waals surface area contributed by atoms with Crippen LogP contribution in [0.5, 0.6) is 5.75 Å². The number of carbonyl (C=O) groups is 1. The van der Waals surface area contributed by atoms with Gasteiger partial charge in [0.1, 0.15) is 16.5 Å². The molecule has 3 heterocycles. The lowest BCUT2D eigenvalue weighted by atomic mass is 10.2. The van der Waals surface area contributed by atoms with Crippen molar-refractivity contribution in [1.29, 1.82) is 0 Å². The van der Waals surface area contributed by atoms with E-state index in [0.29, 0.717) is 18.0 Å². The van der Waals surface area contributed by atoms with Crippen LogP contribution in [0.2, 0.25) is 0 Å². The first-order chi connectivity index (χ1) is 17.7. The third-order valence-corrected chi connectivity index (χ3v) is 7.26. The van der Waals surface area contributed by atoms with Gasteiger partial charge in [0.05, 0.1) is 12.9 Å². The maximum Gasteiger partial charge on any atom is 0.271 e. The van der Waals surface area contributed by atoms with E-state index in [0.717, 1.165) is 38.6 Å². The van der Waals surface area contributed by atoms with Crippen molar-refractivity contribution in [1.82, 2.24) is 30.0 Å². The molecule has 1 amide bonds. The van der Waals surface area contributed by atoms with Crippen molar-refractivity contribution in [2.24, 2.45) is 0 Å². The summed E-state index contributed by atoms with van der Waals surface area (Å²) >= 11 is 2.97. The first kappa shape index (κ1) is 23.7. The minimum Gasteiger partial charge on any atom is -0.497 e. The van der Waals surface area contributed by atoms with Gasteiger partial charge >= 0.3 is 0 Å². The van der Waals surface area contributed by atoms with Crippen molar-refractivity contribution in [2.75, 3.05) is 7.11 Å². The fourth-order valence-electron chi connectivity index (χ4n) is 3.50. The van der Waals surface area contributed by atoms with Gasteiger partial charge in [-0.1, -0.05) is 42.1 Å². The van der Waals surface area contributed by atoms with Crippen molar-refractivity contribution < 1.29 is 9.53 Å². The van der Waals surface area contributed by atoms with Gasteiger partial charge in [-0.05, 0) is 42.0 Å². The van der Waals surface area contributed by atoms with Gasteiger partial charge in [0, 0.05) is 35.6 Å². The second-order valence-corrected chi connectivity index (χ2v) is 9.55. The summed E-state index contributed by atoms with van der Waals surface area (Å²) in [7, 11) is 1.64. The van der Waals surface area contributed by atoms with Crippen molar-refractivity contribution in [3.05, 3.63) is 101 Å². The standard InChI is InChI=1S/C26H22N6O2S2/c1-34-21-9-5-6-19(14-21)24-30-31-26(32(24)20-7-3-2-4-8-20)36-17-23-29-22(16-35-23)25(33)28-15-18-10-12-27-13-11-18/h2-14,16H,15,17H2,1H3,(H,28,33). The maximum absolute atomic E-state index is 12.5. The Bertz CT molecular complexity index is 1450. The summed E-state index contributed by atoms with van der Waals surface area (Å²) in [5.41, 5.74) is 3.25. The summed E-state index contributed by atoms with van der Waals surface area (Å²) in [5, 5.41) is 15.2. The quantitative estimate of drug-likeness (QED) is 0.276. The van der Waals surface area contributed by atoms with Crippen molar-refractivity contribution in [3.63, 3.8) is 0 Å². The molecule has 1 N–H and O–H groups in total. The molecule has 3 aromatic heterocycles. The van der Waals surface area contributed by atoms with Crippen LogP contribution in [0.25, 0.3) is 17.1 Å². The summed E-state index contributed by atoms with van der Waals surface area (Å²) in [5.74, 6) is 1.83. The van der Waals surface area contributed by atoms with E-state index in [1.165, 1.54) is 23.1 Å². The number of ether oxygens (including phenoxy) is 1. The molecule has 5 rings (SSSR count). The SMILES string of the molecule is COc1cccc(-c2nnc(SCc3nc(C(=O)NCc4ccncc4)cs3)n2-c2ccccc2)c1. The van der Waals surface area contributed by atoms with Crippen molar-refractivity contribution >= 4 is 29.0 Å². The molecular formula is C26H22N6O2S2. The van der Waals surface area contributed by atoms with Gasteiger partial charge in [-0.25, -0.2) is 4.98 Å². The zero-order valence-corrected chi connectivity index (χ0v) is 21.0. The van der Waals surface area contributed by atoms with E-state index in [1.807, 2.05) is 71.3 Å². The van der Waals surface area contributed by atoms with Crippen LogP contribution in [0.4, 0.5) is 0 Å². The van der Waals surface area contributed by atoms with Gasteiger partial charge in [0.25, 0.3) is 5.91 Å². The number of rotatable bonds is 9. The Balaban J connectivity index is 1.33. The van der Waals surface area contributed by atoms with Crippen LogP contribution in [0, 0.1) is 0 Å². The Hall–Kier alpha value is -4.02. The van der Waals surface area contributed by atoms with Crippen LogP contribution in [-0.2, 0) is 12.3 Å². The predicted octanol–water partition coefficient (Wildman–Crippen LogP) is 5.02. The topological polar surface area (TPSA) is 94.8 Å². The van der Waals surface area contributed by atoms with E-state index in [1.54, 1.807) is 24.9 Å². The number of hydrogen-bond acceptors (Lipinski definition) is 8. The zero-order chi connectivity index (χ0) is 24.7. The molecule has 0 aliphatic rings. The molecule has 0 atom stereocenters. The Labute approximate surface area is 216 Å². The molecule has 8 nitrogen and oxygen atoms in total. The first-order valence-corrected chi connectivity index (χ1v) is 13.0. The summed E-state index contributed by atoms with van der Waals surface area (Å²) in [4.78, 5) is 21.0. The van der Waals surface area contributed by atoms with E-state index < -0.39 is 0 Å². The number of hydrogen-bond donors (Lipinski definition) is 1. The summed E-state index contributed by atoms with van der Waals surface area (Å²) in [6, 6.07) is 21.5. The Morgan fingerprint density at radius 1 is 1.06 bits per heavy atom. The van der Waals surface area contributed by atoms with Crippen molar-refractivity contribution in [2.45, 2.75) is 17.5 Å². The molecule has 0 unspecified atom stereocenters. The minimum absolute atomic E-state index is 0.202. The van der Waals surface area contributed by atoms with Crippen LogP contribution < -0.4 is 10.1 Å². The highest BCUT2D eigenvalue weighted by Gasteiger charge is 2.18. The van der Waals surface area contributed by atoms with Gasteiger partial charge in [-0.3, -0.25) is 14.3 Å². The number of amides is 1. The molecule has 0 radical (unpaired) electrons. The Morgan fingerprint density at radius 3 is 2.69 bits per heavy atom. The second kappa shape index (κ2) is 11.1. The molecular weight excluding hydrogens is 492 g/mol. The van der Waals surface area contributed by atoms with Gasteiger partial charge in [0.15, 0.2) is 11.0 Å². The number of benzene rings is 2. The van der Waals surface area contributed by atoms with Gasteiger partial charge in [-0.2, -0.15) is 0 Å². The molecule has 0 aliphatic heterocycles. The molecule has 180 valence electrons. The zero-order valence-electron chi connectivity index (χ0n) is 19.4. The fourth-order valence-corrected chi connectivity index (χ4v) is 5.25. The number of carbonyl (C=O) groups excluding carboxylic acids is 1. The average molecular weight is 515 g/mol. The van der Waals surface area contributed by atoms with E-state index in [-0.39, 0.29) is 5.91 Å². The lowest BCUT2D eigenvalue weighted by Gasteiger charge is -2.10. The Morgan fingerprint density at radius 2 is 1.89 bits per heavy atom. The van der Waals surface area contributed by atoms with E-state index >= 15 is 0 Å². The number of thioether (sulfide) groups is 1. The third-order valence-electron chi connectivity index (χ3n) is 5.29. The molecule has 2 aromatic carbocycles. The highest BCUT2D eigenvalue weighted by Crippen LogP contribution is 2.31. The fraction of sp³-hybridized carbons (Fsp3) is 0.115. The van der Waals surface area contributed by atoms with Gasteiger partial charge in [0.2, 0.25) is 0 Å². The van der Waals surface area contributed by atoms with Gasteiger partial charge < -0.3 is 10.1 Å². The largest absolute Gasteiger partial charge is 0.497 e. The summed E-state index contributed by atoms with van der Waals surface area (Å²) in [6.45, 7) is 0.427. The molecule has 10 heteroatoms. The highest BCUT2D eigenvalue weighted by atomic mass is 32.2. The second-order valence-electron chi connectivity index (χ2n) is 7.66. The number of para-hydroxylation sites is 1.